The van der Waals surface area contributed by atoms with Crippen LogP contribution < -0.4 is 5.32 Å². The molecule has 0 aromatic heterocycles. The molecule has 0 fully saturated rings. The number of fused-ring (bicyclic) bond motifs is 1. The lowest BCUT2D eigenvalue weighted by atomic mass is 10.1. The van der Waals surface area contributed by atoms with Gasteiger partial charge in [-0.15, -0.1) is 0 Å². The Balaban J connectivity index is 2.47. The Labute approximate surface area is 60.4 Å². The molecule has 1 nitrogen and oxygen atoms in total. The molecule has 0 spiro atoms. The minimum absolute atomic E-state index is 1.13. The van der Waals surface area contributed by atoms with Crippen LogP contribution in [-0.4, -0.2) is 0 Å². The topological polar surface area (TPSA) is 12.0 Å². The molecule has 10 heavy (non-hydrogen) atoms. The third kappa shape index (κ3) is 0.798. The van der Waals surface area contributed by atoms with Crippen LogP contribution in [0, 0.1) is 6.42 Å². The van der Waals surface area contributed by atoms with Crippen molar-refractivity contribution in [3.63, 3.8) is 0 Å². The molecular weight excluding hydrogens is 122 g/mol. The second kappa shape index (κ2) is 2.18. The number of benzene rings is 1. The fraction of sp³-hybridized carbons (Fsp3) is 0. The van der Waals surface area contributed by atoms with Gasteiger partial charge < -0.3 is 5.32 Å². The van der Waals surface area contributed by atoms with Gasteiger partial charge in [0.25, 0.3) is 0 Å². The van der Waals surface area contributed by atoms with E-state index in [1.807, 2.05) is 36.5 Å². The fourth-order valence-corrected chi connectivity index (χ4v) is 0.998. The molecule has 1 aliphatic rings. The summed E-state index contributed by atoms with van der Waals surface area (Å²) >= 11 is 0. The van der Waals surface area contributed by atoms with Gasteiger partial charge in [0.05, 0.1) is 0 Å². The molecule has 0 aliphatic carbocycles. The molecule has 2 rings (SSSR count). The van der Waals surface area contributed by atoms with Crippen LogP contribution in [0.4, 0.5) is 5.69 Å². The van der Waals surface area contributed by atoms with Gasteiger partial charge >= 0.3 is 0 Å². The standard InChI is InChI=1S/C9H7N/c1-2-6-9-8(4-1)5-3-7-10-9/h1-4,6-7,10H. The Kier molecular flexibility index (Phi) is 1.21. The maximum atomic E-state index is 3.12. The van der Waals surface area contributed by atoms with Gasteiger partial charge in [0.15, 0.2) is 0 Å². The zero-order valence-corrected chi connectivity index (χ0v) is 5.46. The number of rotatable bonds is 0. The smallest absolute Gasteiger partial charge is 0.0459 e. The maximum Gasteiger partial charge on any atom is 0.0459 e. The van der Waals surface area contributed by atoms with Gasteiger partial charge in [-0.3, -0.25) is 0 Å². The predicted octanol–water partition coefficient (Wildman–Crippen LogP) is 2.06. The second-order valence-corrected chi connectivity index (χ2v) is 2.17. The van der Waals surface area contributed by atoms with Crippen molar-refractivity contribution >= 4 is 5.69 Å². The highest BCUT2D eigenvalue weighted by atomic mass is 14.8. The molecule has 0 atom stereocenters. The molecule has 1 heterocycles. The van der Waals surface area contributed by atoms with Crippen LogP contribution in [0.2, 0.25) is 0 Å². The van der Waals surface area contributed by atoms with E-state index in [1.54, 1.807) is 0 Å². The molecule has 48 valence electrons. The molecule has 0 saturated heterocycles. The van der Waals surface area contributed by atoms with E-state index in [2.05, 4.69) is 11.7 Å². The van der Waals surface area contributed by atoms with Crippen molar-refractivity contribution in [2.75, 3.05) is 5.32 Å². The lowest BCUT2D eigenvalue weighted by Crippen LogP contribution is -1.96. The molecule has 1 N–H and O–H groups in total. The summed E-state index contributed by atoms with van der Waals surface area (Å²) in [5.41, 5.74) is 2.26. The van der Waals surface area contributed by atoms with Gasteiger partial charge in [-0.25, -0.2) is 0 Å². The first-order valence-corrected chi connectivity index (χ1v) is 3.24. The molecule has 0 unspecified atom stereocenters. The minimum atomic E-state index is 1.13. The largest absolute Gasteiger partial charge is 0.362 e. The second-order valence-electron chi connectivity index (χ2n) is 2.17. The van der Waals surface area contributed by atoms with E-state index in [0.717, 1.165) is 11.3 Å². The molecule has 0 saturated carbocycles. The number of hydrogen-bond acceptors (Lipinski definition) is 1. The van der Waals surface area contributed by atoms with Gasteiger partial charge in [-0.05, 0) is 17.8 Å². The van der Waals surface area contributed by atoms with Crippen LogP contribution in [-0.2, 0) is 0 Å². The predicted molar refractivity (Wildman–Crippen MR) is 41.5 cm³/mol. The van der Waals surface area contributed by atoms with E-state index in [1.165, 1.54) is 0 Å². The van der Waals surface area contributed by atoms with Crippen LogP contribution in [0.25, 0.3) is 0 Å². The van der Waals surface area contributed by atoms with E-state index in [0.29, 0.717) is 0 Å². The van der Waals surface area contributed by atoms with Crippen LogP contribution in [0.3, 0.4) is 0 Å². The average Bonchev–Trinajstić information content (AvgIpc) is 2.05. The third-order valence-corrected chi connectivity index (χ3v) is 1.49. The van der Waals surface area contributed by atoms with Crippen molar-refractivity contribution in [3.8, 4) is 0 Å². The monoisotopic (exact) mass is 129 g/mol. The van der Waals surface area contributed by atoms with Gasteiger partial charge in [0.2, 0.25) is 0 Å². The summed E-state index contributed by atoms with van der Waals surface area (Å²) < 4.78 is 0. The number of nitrogens with one attached hydrogen (secondary N) is 1. The van der Waals surface area contributed by atoms with E-state index in [4.69, 9.17) is 0 Å². The summed E-state index contributed by atoms with van der Waals surface area (Å²) in [7, 11) is 0. The van der Waals surface area contributed by atoms with Crippen molar-refractivity contribution in [1.29, 1.82) is 0 Å². The van der Waals surface area contributed by atoms with Crippen LogP contribution in [0.1, 0.15) is 5.56 Å². The van der Waals surface area contributed by atoms with Crippen molar-refractivity contribution in [2.45, 2.75) is 0 Å². The van der Waals surface area contributed by atoms with Crippen molar-refractivity contribution in [1.82, 2.24) is 0 Å². The Bertz CT molecular complexity index is 236. The van der Waals surface area contributed by atoms with Crippen molar-refractivity contribution in [2.24, 2.45) is 0 Å². The summed E-state index contributed by atoms with van der Waals surface area (Å²) in [6.45, 7) is 0. The molecule has 1 aromatic rings. The Morgan fingerprint density at radius 3 is 3.00 bits per heavy atom. The van der Waals surface area contributed by atoms with Crippen LogP contribution in [0.5, 0.6) is 0 Å². The Hall–Kier alpha value is -1.24. The fourth-order valence-electron chi connectivity index (χ4n) is 0.998. The molecule has 2 radical (unpaired) electrons. The highest BCUT2D eigenvalue weighted by molar-refractivity contribution is 5.60. The molecule has 1 aliphatic heterocycles. The number of allylic oxidation sites excluding steroid dienone is 1. The summed E-state index contributed by atoms with van der Waals surface area (Å²) in [5.74, 6) is 0. The normalized spacial score (nSPS) is 14.0. The number of hydrogen-bond donors (Lipinski definition) is 1. The highest BCUT2D eigenvalue weighted by Crippen LogP contribution is 2.19. The lowest BCUT2D eigenvalue weighted by Gasteiger charge is -2.10. The number of anilines is 1. The molecule has 1 heteroatoms. The summed E-state index contributed by atoms with van der Waals surface area (Å²) in [6, 6.07) is 8.08. The first-order chi connectivity index (χ1) is 4.97. The van der Waals surface area contributed by atoms with Gasteiger partial charge in [0, 0.05) is 12.1 Å². The maximum absolute atomic E-state index is 3.12. The van der Waals surface area contributed by atoms with E-state index >= 15 is 0 Å². The summed E-state index contributed by atoms with van der Waals surface area (Å²) in [6.07, 6.45) is 6.87. The van der Waals surface area contributed by atoms with Crippen LogP contribution >= 0.6 is 0 Å². The third-order valence-electron chi connectivity index (χ3n) is 1.49. The minimum Gasteiger partial charge on any atom is -0.362 e. The average molecular weight is 129 g/mol. The van der Waals surface area contributed by atoms with Crippen molar-refractivity contribution in [3.05, 3.63) is 48.5 Å². The lowest BCUT2D eigenvalue weighted by molar-refractivity contribution is 1.42. The Morgan fingerprint density at radius 1 is 1.20 bits per heavy atom. The van der Waals surface area contributed by atoms with Gasteiger partial charge in [0.1, 0.15) is 0 Å². The van der Waals surface area contributed by atoms with Crippen molar-refractivity contribution < 1.29 is 0 Å². The Morgan fingerprint density at radius 2 is 2.10 bits per heavy atom. The molecular formula is C9H7N. The summed E-state index contributed by atoms with van der Waals surface area (Å²) in [5, 5.41) is 3.12. The summed E-state index contributed by atoms with van der Waals surface area (Å²) in [4.78, 5) is 0. The highest BCUT2D eigenvalue weighted by Gasteiger charge is 2.01. The molecule has 1 aromatic carbocycles. The zero-order chi connectivity index (χ0) is 6.81. The first-order valence-electron chi connectivity index (χ1n) is 3.24. The van der Waals surface area contributed by atoms with E-state index in [-0.39, 0.29) is 0 Å². The van der Waals surface area contributed by atoms with Gasteiger partial charge in [-0.2, -0.15) is 0 Å². The molecule has 0 amide bonds. The van der Waals surface area contributed by atoms with E-state index in [9.17, 15) is 0 Å². The zero-order valence-electron chi connectivity index (χ0n) is 5.46. The first kappa shape index (κ1) is 5.54. The van der Waals surface area contributed by atoms with Gasteiger partial charge in [-0.1, -0.05) is 24.3 Å². The quantitative estimate of drug-likeness (QED) is 0.565. The SMILES string of the molecule is [C]1C=CNc2ccccc21. The van der Waals surface area contributed by atoms with E-state index < -0.39 is 0 Å². The number of para-hydroxylation sites is 1. The molecule has 0 bridgehead atoms. The van der Waals surface area contributed by atoms with Crippen LogP contribution in [0.15, 0.2) is 36.5 Å².